The predicted molar refractivity (Wildman–Crippen MR) is 66.3 cm³/mol. The summed E-state index contributed by atoms with van der Waals surface area (Å²) >= 11 is 5.79. The van der Waals surface area contributed by atoms with Gasteiger partial charge in [-0.05, 0) is 6.07 Å². The van der Waals surface area contributed by atoms with Gasteiger partial charge in [0, 0.05) is 13.2 Å². The van der Waals surface area contributed by atoms with Gasteiger partial charge in [-0.1, -0.05) is 11.6 Å². The summed E-state index contributed by atoms with van der Waals surface area (Å²) in [7, 11) is 1.40. The highest BCUT2D eigenvalue weighted by molar-refractivity contribution is 6.36. The van der Waals surface area contributed by atoms with Crippen LogP contribution in [0.2, 0.25) is 5.02 Å². The van der Waals surface area contributed by atoms with Gasteiger partial charge in [0.15, 0.2) is 11.5 Å². The van der Waals surface area contributed by atoms with Gasteiger partial charge in [0.05, 0.1) is 10.9 Å². The molecule has 0 radical (unpaired) electrons. The highest BCUT2D eigenvalue weighted by atomic mass is 35.5. The molecule has 0 saturated carbocycles. The maximum atomic E-state index is 12.0. The Morgan fingerprint density at radius 2 is 2.11 bits per heavy atom. The number of pyridine rings is 1. The number of aromatic amines is 1. The van der Waals surface area contributed by atoms with E-state index in [1.807, 2.05) is 0 Å². The number of aromatic nitrogens is 1. The van der Waals surface area contributed by atoms with Gasteiger partial charge in [-0.15, -0.1) is 0 Å². The van der Waals surface area contributed by atoms with Crippen LogP contribution in [0.4, 0.5) is 0 Å². The Morgan fingerprint density at radius 1 is 1.44 bits per heavy atom. The molecule has 6 nitrogen and oxygen atoms in total. The van der Waals surface area contributed by atoms with Crippen LogP contribution in [0, 0.1) is 0 Å². The van der Waals surface area contributed by atoms with Gasteiger partial charge in [-0.25, -0.2) is 0 Å². The topological polar surface area (TPSA) is 102 Å². The number of phenols is 2. The van der Waals surface area contributed by atoms with E-state index in [9.17, 15) is 19.8 Å². The lowest BCUT2D eigenvalue weighted by Gasteiger charge is -2.06. The van der Waals surface area contributed by atoms with Crippen LogP contribution in [-0.4, -0.2) is 28.2 Å². The first kappa shape index (κ1) is 12.3. The van der Waals surface area contributed by atoms with Crippen LogP contribution in [0.15, 0.2) is 17.1 Å². The smallest absolute Gasteiger partial charge is 0.256 e. The van der Waals surface area contributed by atoms with Crippen molar-refractivity contribution in [2.24, 2.45) is 0 Å². The Balaban J connectivity index is 2.88. The standard InChI is InChI=1S/C11H9ClN2O4/c1-13-11(18)5-3-14-8-4(9(5)16)2-6(15)10(17)7(8)12/h2-3,15,17H,1H3,(H,13,18)(H,14,16). The van der Waals surface area contributed by atoms with E-state index in [4.69, 9.17) is 11.6 Å². The van der Waals surface area contributed by atoms with Crippen molar-refractivity contribution in [2.45, 2.75) is 0 Å². The molecule has 1 aromatic heterocycles. The molecule has 0 bridgehead atoms. The molecular formula is C11H9ClN2O4. The summed E-state index contributed by atoms with van der Waals surface area (Å²) in [6.45, 7) is 0. The number of rotatable bonds is 1. The Morgan fingerprint density at radius 3 is 2.72 bits per heavy atom. The SMILES string of the molecule is CNC(=O)c1c[nH]c2c(Cl)c(O)c(O)cc2c1=O. The lowest BCUT2D eigenvalue weighted by atomic mass is 10.1. The Bertz CT molecular complexity index is 708. The van der Waals surface area contributed by atoms with Crippen LogP contribution in [0.1, 0.15) is 10.4 Å². The fourth-order valence-electron chi connectivity index (χ4n) is 1.60. The Hall–Kier alpha value is -2.21. The van der Waals surface area contributed by atoms with E-state index in [1.165, 1.54) is 13.2 Å². The summed E-state index contributed by atoms with van der Waals surface area (Å²) < 4.78 is 0. The van der Waals surface area contributed by atoms with Crippen molar-refractivity contribution in [3.63, 3.8) is 0 Å². The van der Waals surface area contributed by atoms with E-state index in [2.05, 4.69) is 10.3 Å². The molecule has 1 aromatic carbocycles. The maximum absolute atomic E-state index is 12.0. The number of benzene rings is 1. The van der Waals surface area contributed by atoms with E-state index in [-0.39, 0.29) is 21.5 Å². The van der Waals surface area contributed by atoms with Crippen molar-refractivity contribution < 1.29 is 15.0 Å². The molecule has 18 heavy (non-hydrogen) atoms. The second-order valence-electron chi connectivity index (χ2n) is 3.59. The number of amides is 1. The third-order valence-corrected chi connectivity index (χ3v) is 2.91. The van der Waals surface area contributed by atoms with Crippen LogP contribution >= 0.6 is 11.6 Å². The van der Waals surface area contributed by atoms with E-state index >= 15 is 0 Å². The fraction of sp³-hybridized carbons (Fsp3) is 0.0909. The number of carbonyl (C=O) groups is 1. The minimum atomic E-state index is -0.583. The number of H-pyrrole nitrogens is 1. The van der Waals surface area contributed by atoms with Gasteiger partial charge < -0.3 is 20.5 Å². The fourth-order valence-corrected chi connectivity index (χ4v) is 1.86. The molecule has 1 amide bonds. The lowest BCUT2D eigenvalue weighted by Crippen LogP contribution is -2.25. The minimum absolute atomic E-state index is 0.0244. The molecular weight excluding hydrogens is 260 g/mol. The van der Waals surface area contributed by atoms with Crippen molar-refractivity contribution >= 4 is 28.4 Å². The number of fused-ring (bicyclic) bond motifs is 1. The highest BCUT2D eigenvalue weighted by Gasteiger charge is 2.17. The highest BCUT2D eigenvalue weighted by Crippen LogP contribution is 2.37. The van der Waals surface area contributed by atoms with E-state index in [1.54, 1.807) is 0 Å². The summed E-state index contributed by atoms with van der Waals surface area (Å²) in [5.74, 6) is -1.60. The monoisotopic (exact) mass is 268 g/mol. The van der Waals surface area contributed by atoms with Crippen LogP contribution in [0.3, 0.4) is 0 Å². The lowest BCUT2D eigenvalue weighted by molar-refractivity contribution is 0.0962. The molecule has 2 aromatic rings. The van der Waals surface area contributed by atoms with Gasteiger partial charge in [0.2, 0.25) is 5.43 Å². The molecule has 0 atom stereocenters. The molecule has 1 heterocycles. The summed E-state index contributed by atoms with van der Waals surface area (Å²) in [4.78, 5) is 26.1. The van der Waals surface area contributed by atoms with E-state index in [0.717, 1.165) is 6.07 Å². The first-order chi connectivity index (χ1) is 8.47. The molecule has 4 N–H and O–H groups in total. The van der Waals surface area contributed by atoms with Crippen molar-refractivity contribution in [1.82, 2.24) is 10.3 Å². The molecule has 0 saturated heterocycles. The summed E-state index contributed by atoms with van der Waals surface area (Å²) in [6, 6.07) is 1.06. The molecule has 0 fully saturated rings. The molecule has 0 aliphatic rings. The first-order valence-electron chi connectivity index (χ1n) is 4.95. The van der Waals surface area contributed by atoms with E-state index in [0.29, 0.717) is 0 Å². The average Bonchev–Trinajstić information content (AvgIpc) is 2.36. The predicted octanol–water partition coefficient (Wildman–Crippen LogP) is 0.952. The molecule has 0 unspecified atom stereocenters. The van der Waals surface area contributed by atoms with Gasteiger partial charge in [-0.2, -0.15) is 0 Å². The number of aromatic hydroxyl groups is 2. The molecule has 2 rings (SSSR count). The number of nitrogens with one attached hydrogen (secondary N) is 2. The molecule has 0 spiro atoms. The zero-order valence-electron chi connectivity index (χ0n) is 9.24. The Labute approximate surface area is 106 Å². The van der Waals surface area contributed by atoms with Gasteiger partial charge in [0.25, 0.3) is 5.91 Å². The molecule has 0 aliphatic heterocycles. The second-order valence-corrected chi connectivity index (χ2v) is 3.97. The largest absolute Gasteiger partial charge is 0.504 e. The zero-order chi connectivity index (χ0) is 13.4. The van der Waals surface area contributed by atoms with Crippen LogP contribution in [0.25, 0.3) is 10.9 Å². The third kappa shape index (κ3) is 1.67. The van der Waals surface area contributed by atoms with Crippen molar-refractivity contribution in [2.75, 3.05) is 7.05 Å². The number of phenolic OH excluding ortho intramolecular Hbond substituents is 2. The normalized spacial score (nSPS) is 10.6. The summed E-state index contributed by atoms with van der Waals surface area (Å²) in [6.07, 6.45) is 1.20. The summed E-state index contributed by atoms with van der Waals surface area (Å²) in [5, 5.41) is 21.0. The number of hydrogen-bond acceptors (Lipinski definition) is 4. The average molecular weight is 269 g/mol. The number of carbonyl (C=O) groups excluding carboxylic acids is 1. The van der Waals surface area contributed by atoms with Gasteiger partial charge in [0.1, 0.15) is 10.6 Å². The van der Waals surface area contributed by atoms with Gasteiger partial charge >= 0.3 is 0 Å². The second kappa shape index (κ2) is 4.23. The maximum Gasteiger partial charge on any atom is 0.256 e. The van der Waals surface area contributed by atoms with Crippen LogP contribution < -0.4 is 10.7 Å². The zero-order valence-corrected chi connectivity index (χ0v) is 10.00. The first-order valence-corrected chi connectivity index (χ1v) is 5.33. The third-order valence-electron chi connectivity index (χ3n) is 2.54. The van der Waals surface area contributed by atoms with E-state index < -0.39 is 22.8 Å². The Kier molecular flexibility index (Phi) is 2.88. The molecule has 7 heteroatoms. The minimum Gasteiger partial charge on any atom is -0.504 e. The van der Waals surface area contributed by atoms with Crippen molar-refractivity contribution in [3.8, 4) is 11.5 Å². The molecule has 94 valence electrons. The van der Waals surface area contributed by atoms with Crippen LogP contribution in [0.5, 0.6) is 11.5 Å². The van der Waals surface area contributed by atoms with Gasteiger partial charge in [-0.3, -0.25) is 9.59 Å². The molecule has 0 aliphatic carbocycles. The summed E-state index contributed by atoms with van der Waals surface area (Å²) in [5.41, 5.74) is -0.531. The number of halogens is 1. The van der Waals surface area contributed by atoms with Crippen molar-refractivity contribution in [1.29, 1.82) is 0 Å². The van der Waals surface area contributed by atoms with Crippen LogP contribution in [-0.2, 0) is 0 Å². The van der Waals surface area contributed by atoms with Crippen molar-refractivity contribution in [3.05, 3.63) is 33.1 Å². The quantitative estimate of drug-likeness (QED) is 0.578. The number of hydrogen-bond donors (Lipinski definition) is 4.